The molecule has 6 heteroatoms. The molecule has 7 atom stereocenters. The van der Waals surface area contributed by atoms with Crippen LogP contribution in [0.2, 0.25) is 0 Å². The molecule has 2 aliphatic carbocycles. The van der Waals surface area contributed by atoms with Crippen molar-refractivity contribution in [3.05, 3.63) is 58.3 Å². The lowest BCUT2D eigenvalue weighted by molar-refractivity contribution is -0.143. The standard InChI is InChI=1S/C28H38N2O3S/c1-18(27(33)29-17-21-10-7-15-34-21)22-11-13-28(3)14-12-23(19(2)25(28)26(22)32)30-24(31)16-20-8-5-4-6-9-20/h4-10,15,18-19,22-23,25-26,32H,11-14,16-17H2,1-3H3,(H,29,33)(H,30,31)/t18-,19+,22-,23-,25+,26-,28-/m0/s1. The molecule has 1 aromatic heterocycles. The average Bonchev–Trinajstić information content (AvgIpc) is 3.33. The number of carbonyl (C=O) groups excluding carboxylic acids is 2. The summed E-state index contributed by atoms with van der Waals surface area (Å²) in [5.74, 6) is -0.0540. The minimum absolute atomic E-state index is 0.0113. The van der Waals surface area contributed by atoms with Crippen LogP contribution in [-0.2, 0) is 22.6 Å². The summed E-state index contributed by atoms with van der Waals surface area (Å²) in [4.78, 5) is 26.8. The highest BCUT2D eigenvalue weighted by molar-refractivity contribution is 7.09. The van der Waals surface area contributed by atoms with Crippen LogP contribution in [-0.4, -0.2) is 29.1 Å². The Balaban J connectivity index is 1.39. The summed E-state index contributed by atoms with van der Waals surface area (Å²) in [6, 6.07) is 13.9. The van der Waals surface area contributed by atoms with Crippen molar-refractivity contribution >= 4 is 23.2 Å². The normalized spacial score (nSPS) is 31.8. The lowest BCUT2D eigenvalue weighted by atomic mass is 9.51. The van der Waals surface area contributed by atoms with Gasteiger partial charge in [-0.05, 0) is 65.9 Å². The predicted octanol–water partition coefficient (Wildman–Crippen LogP) is 4.55. The van der Waals surface area contributed by atoms with Gasteiger partial charge in [-0.25, -0.2) is 0 Å². The molecule has 3 N–H and O–H groups in total. The topological polar surface area (TPSA) is 78.4 Å². The molecule has 0 radical (unpaired) electrons. The Morgan fingerprint density at radius 1 is 1.15 bits per heavy atom. The molecule has 1 aromatic carbocycles. The number of amides is 2. The number of benzene rings is 1. The number of fused-ring (bicyclic) bond motifs is 1. The second-order valence-corrected chi connectivity index (χ2v) is 11.7. The molecule has 1 heterocycles. The van der Waals surface area contributed by atoms with E-state index < -0.39 is 6.10 Å². The molecule has 2 amide bonds. The number of aliphatic hydroxyl groups is 1. The minimum atomic E-state index is -0.551. The third kappa shape index (κ3) is 5.38. The van der Waals surface area contributed by atoms with E-state index in [-0.39, 0.29) is 46.9 Å². The van der Waals surface area contributed by atoms with E-state index >= 15 is 0 Å². The number of carbonyl (C=O) groups is 2. The smallest absolute Gasteiger partial charge is 0.224 e. The van der Waals surface area contributed by atoms with Gasteiger partial charge in [0.2, 0.25) is 11.8 Å². The first-order valence-corrected chi connectivity index (χ1v) is 13.5. The molecular formula is C28H38N2O3S. The van der Waals surface area contributed by atoms with Crippen LogP contribution in [0.5, 0.6) is 0 Å². The molecule has 5 nitrogen and oxygen atoms in total. The van der Waals surface area contributed by atoms with Gasteiger partial charge in [0.05, 0.1) is 19.1 Å². The monoisotopic (exact) mass is 482 g/mol. The average molecular weight is 483 g/mol. The van der Waals surface area contributed by atoms with E-state index in [1.54, 1.807) is 11.3 Å². The van der Waals surface area contributed by atoms with Crippen LogP contribution in [0, 0.1) is 29.1 Å². The summed E-state index contributed by atoms with van der Waals surface area (Å²) in [6.07, 6.45) is 3.61. The van der Waals surface area contributed by atoms with Crippen LogP contribution in [0.3, 0.4) is 0 Å². The van der Waals surface area contributed by atoms with Crippen molar-refractivity contribution in [2.24, 2.45) is 29.1 Å². The van der Waals surface area contributed by atoms with Crippen molar-refractivity contribution in [1.82, 2.24) is 10.6 Å². The second-order valence-electron chi connectivity index (χ2n) is 10.7. The molecule has 0 aliphatic heterocycles. The molecule has 4 rings (SSSR count). The minimum Gasteiger partial charge on any atom is -0.392 e. The van der Waals surface area contributed by atoms with Crippen LogP contribution in [0.4, 0.5) is 0 Å². The Morgan fingerprint density at radius 3 is 2.59 bits per heavy atom. The highest BCUT2D eigenvalue weighted by Crippen LogP contribution is 2.55. The van der Waals surface area contributed by atoms with Crippen molar-refractivity contribution in [1.29, 1.82) is 0 Å². The molecule has 2 saturated carbocycles. The van der Waals surface area contributed by atoms with Crippen molar-refractivity contribution in [3.8, 4) is 0 Å². The maximum Gasteiger partial charge on any atom is 0.224 e. The first-order chi connectivity index (χ1) is 16.3. The summed E-state index contributed by atoms with van der Waals surface area (Å²) in [5.41, 5.74) is 1.05. The number of thiophene rings is 1. The van der Waals surface area contributed by atoms with Gasteiger partial charge in [0, 0.05) is 16.8 Å². The van der Waals surface area contributed by atoms with Crippen LogP contribution in [0.25, 0.3) is 0 Å². The van der Waals surface area contributed by atoms with E-state index in [9.17, 15) is 14.7 Å². The fraction of sp³-hybridized carbons (Fsp3) is 0.571. The Morgan fingerprint density at radius 2 is 1.88 bits per heavy atom. The summed E-state index contributed by atoms with van der Waals surface area (Å²) in [6.45, 7) is 6.95. The van der Waals surface area contributed by atoms with E-state index in [0.29, 0.717) is 13.0 Å². The number of hydrogen-bond donors (Lipinski definition) is 3. The van der Waals surface area contributed by atoms with Crippen LogP contribution >= 0.6 is 11.3 Å². The molecular weight excluding hydrogens is 444 g/mol. The van der Waals surface area contributed by atoms with Gasteiger partial charge in [-0.15, -0.1) is 11.3 Å². The molecule has 0 saturated heterocycles. The van der Waals surface area contributed by atoms with Gasteiger partial charge in [0.15, 0.2) is 0 Å². The molecule has 0 unspecified atom stereocenters. The fourth-order valence-electron chi connectivity index (χ4n) is 6.48. The Labute approximate surface area is 207 Å². The zero-order chi connectivity index (χ0) is 24.3. The summed E-state index contributed by atoms with van der Waals surface area (Å²) >= 11 is 1.63. The maximum absolute atomic E-state index is 12.9. The number of nitrogens with one attached hydrogen (secondary N) is 2. The molecule has 34 heavy (non-hydrogen) atoms. The molecule has 0 bridgehead atoms. The van der Waals surface area contributed by atoms with Gasteiger partial charge in [-0.2, -0.15) is 0 Å². The predicted molar refractivity (Wildman–Crippen MR) is 136 cm³/mol. The summed E-state index contributed by atoms with van der Waals surface area (Å²) < 4.78 is 0. The second kappa shape index (κ2) is 10.6. The molecule has 184 valence electrons. The van der Waals surface area contributed by atoms with E-state index in [1.165, 1.54) is 0 Å². The van der Waals surface area contributed by atoms with E-state index in [0.717, 1.165) is 36.1 Å². The molecule has 2 fully saturated rings. The third-order valence-electron chi connectivity index (χ3n) is 8.51. The van der Waals surface area contributed by atoms with Crippen molar-refractivity contribution < 1.29 is 14.7 Å². The van der Waals surface area contributed by atoms with Gasteiger partial charge in [0.25, 0.3) is 0 Å². The largest absolute Gasteiger partial charge is 0.392 e. The van der Waals surface area contributed by atoms with E-state index in [4.69, 9.17) is 0 Å². The van der Waals surface area contributed by atoms with Crippen molar-refractivity contribution in [2.45, 2.75) is 71.6 Å². The quantitative estimate of drug-likeness (QED) is 0.542. The fourth-order valence-corrected chi connectivity index (χ4v) is 7.12. The van der Waals surface area contributed by atoms with E-state index in [2.05, 4.69) is 24.5 Å². The zero-order valence-corrected chi connectivity index (χ0v) is 21.3. The Hall–Kier alpha value is -2.18. The van der Waals surface area contributed by atoms with E-state index in [1.807, 2.05) is 54.8 Å². The van der Waals surface area contributed by atoms with Gasteiger partial charge in [0.1, 0.15) is 0 Å². The number of hydrogen-bond acceptors (Lipinski definition) is 4. The van der Waals surface area contributed by atoms with Crippen LogP contribution in [0.1, 0.15) is 56.9 Å². The van der Waals surface area contributed by atoms with Gasteiger partial charge in [-0.3, -0.25) is 9.59 Å². The van der Waals surface area contributed by atoms with Crippen LogP contribution < -0.4 is 10.6 Å². The Bertz CT molecular complexity index is 963. The van der Waals surface area contributed by atoms with Gasteiger partial charge in [-0.1, -0.05) is 57.2 Å². The maximum atomic E-state index is 12.9. The SMILES string of the molecule is C[C@H]1[C@@H]2[C@@H](O)[C@H]([C@H](C)C(=O)NCc3cccs3)CC[C@@]2(C)CC[C@@H]1NC(=O)Cc1ccccc1. The first kappa shape index (κ1) is 24.9. The van der Waals surface area contributed by atoms with Gasteiger partial charge < -0.3 is 15.7 Å². The zero-order valence-electron chi connectivity index (χ0n) is 20.5. The summed E-state index contributed by atoms with van der Waals surface area (Å²) in [5, 5.41) is 19.9. The summed E-state index contributed by atoms with van der Waals surface area (Å²) in [7, 11) is 0. The highest BCUT2D eigenvalue weighted by Gasteiger charge is 2.53. The molecule has 2 aliphatic rings. The van der Waals surface area contributed by atoms with Crippen molar-refractivity contribution in [3.63, 3.8) is 0 Å². The number of rotatable bonds is 7. The lowest BCUT2D eigenvalue weighted by Crippen LogP contribution is -2.58. The van der Waals surface area contributed by atoms with Crippen molar-refractivity contribution in [2.75, 3.05) is 0 Å². The number of aliphatic hydroxyl groups excluding tert-OH is 1. The first-order valence-electron chi connectivity index (χ1n) is 12.6. The highest BCUT2D eigenvalue weighted by atomic mass is 32.1. The third-order valence-corrected chi connectivity index (χ3v) is 9.39. The van der Waals surface area contributed by atoms with Crippen LogP contribution in [0.15, 0.2) is 47.8 Å². The van der Waals surface area contributed by atoms with Gasteiger partial charge >= 0.3 is 0 Å². The molecule has 0 spiro atoms. The molecule has 2 aromatic rings. The Kier molecular flexibility index (Phi) is 7.78. The lowest BCUT2D eigenvalue weighted by Gasteiger charge is -2.56.